The number of fused-ring (bicyclic) bond motifs is 4. The Bertz CT molecular complexity index is 2560. The van der Waals surface area contributed by atoms with Crippen LogP contribution in [-0.4, -0.2) is 270 Å². The number of amides is 2. The number of allylic oxidation sites excluding steroid dienone is 3. The second-order valence-electron chi connectivity index (χ2n) is 28.5. The molecule has 15 N–H and O–H groups in total. The smallest absolute Gasteiger partial charge is 0.217 e. The number of ether oxygens (including phenoxy) is 10. The third-order valence-corrected chi connectivity index (χ3v) is 22.2. The lowest BCUT2D eigenvalue weighted by atomic mass is 9.45. The molecule has 5 heterocycles. The highest BCUT2D eigenvalue weighted by Crippen LogP contribution is 2.68. The predicted molar refractivity (Wildman–Crippen MR) is 314 cm³/mol. The highest BCUT2D eigenvalue weighted by molar-refractivity contribution is 5.95. The van der Waals surface area contributed by atoms with Crippen LogP contribution in [0.1, 0.15) is 120 Å². The molecule has 2 amide bonds. The van der Waals surface area contributed by atoms with Crippen molar-refractivity contribution in [2.75, 3.05) is 33.0 Å². The molecule has 31 atom stereocenters. The van der Waals surface area contributed by atoms with Crippen LogP contribution in [0.3, 0.4) is 0 Å². The highest BCUT2D eigenvalue weighted by atomic mass is 16.8. The van der Waals surface area contributed by atoms with Crippen LogP contribution in [0.15, 0.2) is 23.3 Å². The van der Waals surface area contributed by atoms with E-state index in [4.69, 9.17) is 47.4 Å². The first-order valence-corrected chi connectivity index (χ1v) is 32.4. The van der Waals surface area contributed by atoms with Gasteiger partial charge >= 0.3 is 0 Å². The van der Waals surface area contributed by atoms with Crippen LogP contribution in [-0.2, 0) is 61.8 Å². The molecule has 28 heteroatoms. The molecular weight excluding hydrogens is 1200 g/mol. The van der Waals surface area contributed by atoms with E-state index in [0.717, 1.165) is 58.8 Å². The van der Waals surface area contributed by atoms with Crippen molar-refractivity contribution in [3.05, 3.63) is 23.3 Å². The summed E-state index contributed by atoms with van der Waals surface area (Å²) >= 11 is 0. The summed E-state index contributed by atoms with van der Waals surface area (Å²) in [6.45, 7) is 18.0. The topological polar surface area (TPSA) is 431 Å². The van der Waals surface area contributed by atoms with Crippen molar-refractivity contribution < 1.29 is 128 Å². The first-order chi connectivity index (χ1) is 42.8. The van der Waals surface area contributed by atoms with Crippen LogP contribution >= 0.6 is 0 Å². The fourth-order valence-corrected chi connectivity index (χ4v) is 17.0. The lowest BCUT2D eigenvalue weighted by Crippen LogP contribution is -2.68. The Morgan fingerprint density at radius 3 is 1.70 bits per heavy atom. The SMILES string of the molecule is C=C(C(=O)C[C@@H](C)[C@H]1CC[C@H]2C3=C(CC[C@]12C)[C@@]1(C)CC[C@H](O[C@@H]2OC[C@@H](O[C@@H]4O[C@H](CO)[C@@H](O)[C@H](O)[C@H]4NC(C)=O)[C@H](O)[C@H]2O[C@@H]2O[C@H](CO[C@@H]4O[C@H](CO)[C@@H](O)[C@H](O)[C@H]4O[C@@H]4O[C@H](CO)[C@@H](O)[C@H](O)[C@H]4O)[C@@H](O)[C@H](O)[C@H]2NC(C)=O)C(C)(C)[C@@H]1CC3)C(C)C. The standard InChI is InChI=1S/C63H102N2O26/c1-25(2)27(4)34(71)19-26(3)31-12-13-32-30-11-14-40-61(7,8)41(16-18-63(40,10)33(30)15-17-62(31,32)9)89-60-54(48(76)39(24-83-60)88-56-42(64-28(5)69)49(77)44(72)35(20-66)84-56)90-57-43(65-29(6)70)50(78)47(75)38(87-57)23-82-59-55(52(80)46(74)37(22-68)86-59)91-58-53(81)51(79)45(73)36(21-67)85-58/h25-26,31-32,35-60,66-68,72-81H,4,11-24H2,1-3,5-10H3,(H,64,69)(H,65,70)/t26-,31-,32+,35-,36-,37-,38-,39-,40+,41+,42-,43-,44-,45-,46-,47-,48+,49-,50-,51+,52+,53-,54-,55-,56+,57+,58+,59-,60+,62-,63-/m1/s1. The lowest BCUT2D eigenvalue weighted by Gasteiger charge is -2.61. The summed E-state index contributed by atoms with van der Waals surface area (Å²) in [6, 6.07) is -3.06. The maximum Gasteiger partial charge on any atom is 0.217 e. The molecule has 5 saturated heterocycles. The van der Waals surface area contributed by atoms with Crippen LogP contribution in [0.2, 0.25) is 0 Å². The summed E-state index contributed by atoms with van der Waals surface area (Å²) < 4.78 is 61.9. The minimum atomic E-state index is -1.99. The second kappa shape index (κ2) is 29.1. The monoisotopic (exact) mass is 1300 g/mol. The van der Waals surface area contributed by atoms with E-state index < -0.39 is 204 Å². The Labute approximate surface area is 530 Å². The van der Waals surface area contributed by atoms with E-state index in [1.54, 1.807) is 5.57 Å². The first kappa shape index (κ1) is 72.4. The van der Waals surface area contributed by atoms with Gasteiger partial charge in [-0.15, -0.1) is 0 Å². The van der Waals surface area contributed by atoms with Crippen LogP contribution in [0, 0.1) is 45.8 Å². The van der Waals surface area contributed by atoms with Crippen molar-refractivity contribution in [3.8, 4) is 0 Å². The van der Waals surface area contributed by atoms with E-state index in [0.29, 0.717) is 30.3 Å². The molecule has 9 rings (SSSR count). The summed E-state index contributed by atoms with van der Waals surface area (Å²) in [5.74, 6) is -0.0179. The summed E-state index contributed by atoms with van der Waals surface area (Å²) in [7, 11) is 0. The number of carbonyl (C=O) groups excluding carboxylic acids is 3. The van der Waals surface area contributed by atoms with Gasteiger partial charge in [-0.05, 0) is 103 Å². The molecule has 0 unspecified atom stereocenters. The van der Waals surface area contributed by atoms with Crippen LogP contribution in [0.4, 0.5) is 0 Å². The number of hydrogen-bond donors (Lipinski definition) is 15. The molecule has 4 aliphatic carbocycles. The third-order valence-electron chi connectivity index (χ3n) is 22.2. The van der Waals surface area contributed by atoms with Gasteiger partial charge in [-0.2, -0.15) is 0 Å². The molecule has 0 radical (unpaired) electrons. The Morgan fingerprint density at radius 2 is 1.11 bits per heavy atom. The van der Waals surface area contributed by atoms with Crippen LogP contribution in [0.5, 0.6) is 0 Å². The number of rotatable bonds is 21. The van der Waals surface area contributed by atoms with Crippen molar-refractivity contribution in [1.29, 1.82) is 0 Å². The molecule has 520 valence electrons. The number of aliphatic hydroxyl groups excluding tert-OH is 13. The maximum absolute atomic E-state index is 13.3. The number of hydrogen-bond acceptors (Lipinski definition) is 26. The number of aliphatic hydroxyl groups is 13. The summed E-state index contributed by atoms with van der Waals surface area (Å²) in [4.78, 5) is 38.8. The molecule has 0 bridgehead atoms. The average molecular weight is 1300 g/mol. The van der Waals surface area contributed by atoms with E-state index in [1.807, 2.05) is 13.8 Å². The Morgan fingerprint density at radius 1 is 0.582 bits per heavy atom. The Hall–Kier alpha value is -2.83. The molecule has 5 aliphatic heterocycles. The van der Waals surface area contributed by atoms with Crippen molar-refractivity contribution in [1.82, 2.24) is 10.6 Å². The van der Waals surface area contributed by atoms with E-state index in [9.17, 15) is 80.8 Å². The van der Waals surface area contributed by atoms with Gasteiger partial charge < -0.3 is 124 Å². The highest BCUT2D eigenvalue weighted by Gasteiger charge is 2.62. The Kier molecular flexibility index (Phi) is 23.2. The molecule has 0 aromatic rings. The molecule has 0 aromatic heterocycles. The van der Waals surface area contributed by atoms with Gasteiger partial charge in [-0.25, -0.2) is 0 Å². The minimum absolute atomic E-state index is 0.0458. The molecule has 28 nitrogen and oxygen atoms in total. The fourth-order valence-electron chi connectivity index (χ4n) is 17.0. The number of carbonyl (C=O) groups is 3. The van der Waals surface area contributed by atoms with Gasteiger partial charge in [0.1, 0.15) is 116 Å². The van der Waals surface area contributed by atoms with Gasteiger partial charge in [-0.3, -0.25) is 14.4 Å². The van der Waals surface area contributed by atoms with Crippen molar-refractivity contribution in [3.63, 3.8) is 0 Å². The molecule has 7 fully saturated rings. The van der Waals surface area contributed by atoms with Crippen LogP contribution < -0.4 is 10.6 Å². The normalized spacial score (nSPS) is 47.0. The molecule has 2 saturated carbocycles. The quantitative estimate of drug-likeness (QED) is 0.0419. The largest absolute Gasteiger partial charge is 0.394 e. The van der Waals surface area contributed by atoms with Crippen LogP contribution in [0.25, 0.3) is 0 Å². The van der Waals surface area contributed by atoms with Crippen molar-refractivity contribution in [2.24, 2.45) is 45.8 Å². The molecule has 0 spiro atoms. The molecule has 0 aromatic carbocycles. The van der Waals surface area contributed by atoms with Crippen molar-refractivity contribution in [2.45, 2.75) is 274 Å². The zero-order valence-electron chi connectivity index (χ0n) is 53.5. The van der Waals surface area contributed by atoms with Gasteiger partial charge in [0, 0.05) is 20.3 Å². The summed E-state index contributed by atoms with van der Waals surface area (Å²) in [5.41, 5.74) is 3.02. The zero-order chi connectivity index (χ0) is 66.7. The van der Waals surface area contributed by atoms with Gasteiger partial charge in [-0.1, -0.05) is 66.2 Å². The summed E-state index contributed by atoms with van der Waals surface area (Å²) in [6.07, 6.45) is -31.3. The first-order valence-electron chi connectivity index (χ1n) is 32.4. The molecule has 91 heavy (non-hydrogen) atoms. The zero-order valence-corrected chi connectivity index (χ0v) is 53.5. The number of ketones is 1. The number of nitrogens with one attached hydrogen (secondary N) is 2. The van der Waals surface area contributed by atoms with E-state index in [-0.39, 0.29) is 34.4 Å². The third kappa shape index (κ3) is 14.2. The predicted octanol–water partition coefficient (Wildman–Crippen LogP) is -2.44. The fraction of sp³-hybridized carbons (Fsp3) is 0.889. The Balaban J connectivity index is 0.982. The second-order valence-corrected chi connectivity index (χ2v) is 28.5. The van der Waals surface area contributed by atoms with E-state index in [2.05, 4.69) is 51.8 Å². The lowest BCUT2D eigenvalue weighted by molar-refractivity contribution is -0.379. The minimum Gasteiger partial charge on any atom is -0.394 e. The van der Waals surface area contributed by atoms with E-state index >= 15 is 0 Å². The molecule has 9 aliphatic rings. The maximum atomic E-state index is 13.3. The summed E-state index contributed by atoms with van der Waals surface area (Å²) in [5, 5.41) is 147. The molecular formula is C63H102N2O26. The number of Topliss-reactive ketones (excluding diaryl/α,β-unsaturated/α-hetero) is 1. The van der Waals surface area contributed by atoms with Gasteiger partial charge in [0.05, 0.1) is 39.1 Å². The van der Waals surface area contributed by atoms with Gasteiger partial charge in [0.15, 0.2) is 37.2 Å². The van der Waals surface area contributed by atoms with Crippen molar-refractivity contribution >= 4 is 17.6 Å². The van der Waals surface area contributed by atoms with Gasteiger partial charge in [0.2, 0.25) is 11.8 Å². The average Bonchev–Trinajstić information content (AvgIpc) is 1.69. The van der Waals surface area contributed by atoms with E-state index in [1.165, 1.54) is 5.57 Å². The van der Waals surface area contributed by atoms with Gasteiger partial charge in [0.25, 0.3) is 0 Å².